The number of aromatic nitrogens is 3. The van der Waals surface area contributed by atoms with E-state index in [0.717, 1.165) is 39.0 Å². The standard InChI is InChI=1S/C43H27N3O/c1-2-9-30(10-3-1)40-34-12-4-6-14-36(34)41(37-15-7-5-13-35(37)40)31-20-22-32(23-21-31)42-46-39-25-24-38(45-43(39)47-42)29-18-16-28(17-19-29)33-11-8-26-44-27-33/h1-27H. The lowest BCUT2D eigenvalue weighted by molar-refractivity contribution is 0.608. The largest absolute Gasteiger partial charge is 0.418 e. The number of oxazole rings is 1. The molecule has 0 aliphatic heterocycles. The first kappa shape index (κ1) is 27.0. The van der Waals surface area contributed by atoms with Gasteiger partial charge >= 0.3 is 0 Å². The Bertz CT molecular complexity index is 2480. The molecule has 47 heavy (non-hydrogen) atoms. The minimum Gasteiger partial charge on any atom is -0.418 e. The van der Waals surface area contributed by atoms with E-state index in [1.54, 1.807) is 6.20 Å². The molecule has 0 radical (unpaired) electrons. The first-order valence-corrected chi connectivity index (χ1v) is 15.7. The van der Waals surface area contributed by atoms with Crippen LogP contribution in [0.3, 0.4) is 0 Å². The van der Waals surface area contributed by atoms with Crippen molar-refractivity contribution < 1.29 is 4.42 Å². The fraction of sp³-hybridized carbons (Fsp3) is 0. The van der Waals surface area contributed by atoms with Crippen molar-refractivity contribution >= 4 is 32.8 Å². The summed E-state index contributed by atoms with van der Waals surface area (Å²) in [6, 6.07) is 52.9. The second kappa shape index (κ2) is 11.2. The predicted molar refractivity (Wildman–Crippen MR) is 192 cm³/mol. The van der Waals surface area contributed by atoms with Crippen LogP contribution in [0, 0.1) is 0 Å². The maximum Gasteiger partial charge on any atom is 0.247 e. The van der Waals surface area contributed by atoms with Crippen LogP contribution < -0.4 is 0 Å². The normalized spacial score (nSPS) is 11.4. The zero-order chi connectivity index (χ0) is 31.2. The number of nitrogens with zero attached hydrogens (tertiary/aromatic N) is 3. The molecular formula is C43H27N3O. The maximum absolute atomic E-state index is 6.23. The van der Waals surface area contributed by atoms with Crippen LogP contribution in [0.25, 0.3) is 88.9 Å². The molecular weight excluding hydrogens is 574 g/mol. The third kappa shape index (κ3) is 4.75. The Morgan fingerprint density at radius 2 is 0.915 bits per heavy atom. The summed E-state index contributed by atoms with van der Waals surface area (Å²) in [5.41, 5.74) is 11.1. The molecule has 0 bridgehead atoms. The van der Waals surface area contributed by atoms with Crippen molar-refractivity contribution in [3.05, 3.63) is 164 Å². The number of benzene rings is 6. The molecule has 0 aliphatic rings. The molecule has 3 heterocycles. The van der Waals surface area contributed by atoms with Gasteiger partial charge in [-0.15, -0.1) is 0 Å². The van der Waals surface area contributed by atoms with E-state index < -0.39 is 0 Å². The second-order valence-electron chi connectivity index (χ2n) is 11.6. The molecule has 9 aromatic rings. The van der Waals surface area contributed by atoms with E-state index in [2.05, 4.69) is 138 Å². The Kier molecular flexibility index (Phi) is 6.43. The van der Waals surface area contributed by atoms with Gasteiger partial charge in [-0.25, -0.2) is 9.97 Å². The summed E-state index contributed by atoms with van der Waals surface area (Å²) in [6.45, 7) is 0. The summed E-state index contributed by atoms with van der Waals surface area (Å²) in [4.78, 5) is 13.8. The Hall–Kier alpha value is -6.39. The van der Waals surface area contributed by atoms with E-state index >= 15 is 0 Å². The van der Waals surface area contributed by atoms with Crippen molar-refractivity contribution in [1.82, 2.24) is 15.0 Å². The first-order valence-electron chi connectivity index (χ1n) is 15.7. The van der Waals surface area contributed by atoms with Gasteiger partial charge in [0.1, 0.15) is 5.52 Å². The summed E-state index contributed by atoms with van der Waals surface area (Å²) in [6.07, 6.45) is 3.65. The van der Waals surface area contributed by atoms with E-state index in [4.69, 9.17) is 14.4 Å². The molecule has 0 fully saturated rings. The van der Waals surface area contributed by atoms with E-state index in [0.29, 0.717) is 11.6 Å². The van der Waals surface area contributed by atoms with Gasteiger partial charge in [0.15, 0.2) is 0 Å². The zero-order valence-corrected chi connectivity index (χ0v) is 25.3. The summed E-state index contributed by atoms with van der Waals surface area (Å²) in [5, 5.41) is 4.93. The molecule has 6 aromatic carbocycles. The van der Waals surface area contributed by atoms with Gasteiger partial charge in [-0.2, -0.15) is 0 Å². The molecule has 220 valence electrons. The Morgan fingerprint density at radius 3 is 1.53 bits per heavy atom. The van der Waals surface area contributed by atoms with Crippen LogP contribution in [0.4, 0.5) is 0 Å². The predicted octanol–water partition coefficient (Wildman–Crippen LogP) is 11.3. The molecule has 4 nitrogen and oxygen atoms in total. The van der Waals surface area contributed by atoms with Crippen molar-refractivity contribution in [2.24, 2.45) is 0 Å². The van der Waals surface area contributed by atoms with Crippen LogP contribution in [0.1, 0.15) is 0 Å². The van der Waals surface area contributed by atoms with Crippen molar-refractivity contribution in [2.75, 3.05) is 0 Å². The summed E-state index contributed by atoms with van der Waals surface area (Å²) in [7, 11) is 0. The topological polar surface area (TPSA) is 51.8 Å². The van der Waals surface area contributed by atoms with Gasteiger partial charge in [0.2, 0.25) is 11.6 Å². The summed E-state index contributed by atoms with van der Waals surface area (Å²) >= 11 is 0. The first-order chi connectivity index (χ1) is 23.3. The van der Waals surface area contributed by atoms with Gasteiger partial charge < -0.3 is 4.42 Å². The van der Waals surface area contributed by atoms with E-state index in [9.17, 15) is 0 Å². The van der Waals surface area contributed by atoms with Crippen LogP contribution in [-0.4, -0.2) is 15.0 Å². The quantitative estimate of drug-likeness (QED) is 0.184. The van der Waals surface area contributed by atoms with Crippen molar-refractivity contribution in [3.8, 4) is 56.1 Å². The molecule has 0 spiro atoms. The second-order valence-corrected chi connectivity index (χ2v) is 11.6. The van der Waals surface area contributed by atoms with Crippen LogP contribution in [0.2, 0.25) is 0 Å². The number of fused-ring (bicyclic) bond motifs is 3. The molecule has 0 saturated heterocycles. The molecule has 0 atom stereocenters. The molecule has 0 aliphatic carbocycles. The molecule has 3 aromatic heterocycles. The minimum absolute atomic E-state index is 0.520. The van der Waals surface area contributed by atoms with Crippen LogP contribution >= 0.6 is 0 Å². The molecule has 0 N–H and O–H groups in total. The third-order valence-corrected chi connectivity index (χ3v) is 8.85. The molecule has 0 saturated carbocycles. The summed E-state index contributed by atoms with van der Waals surface area (Å²) < 4.78 is 6.23. The Labute approximate surface area is 271 Å². The fourth-order valence-electron chi connectivity index (χ4n) is 6.60. The SMILES string of the molecule is c1ccc(-c2c3ccccc3c(-c3ccc(-c4nc5ccc(-c6ccc(-c7cccnc7)cc6)nc5o4)cc3)c3ccccc23)cc1. The average molecular weight is 602 g/mol. The third-order valence-electron chi connectivity index (χ3n) is 8.85. The van der Waals surface area contributed by atoms with Gasteiger partial charge in [0.25, 0.3) is 0 Å². The number of pyridine rings is 2. The minimum atomic E-state index is 0.520. The number of hydrogen-bond acceptors (Lipinski definition) is 4. The lowest BCUT2D eigenvalue weighted by atomic mass is 9.86. The highest BCUT2D eigenvalue weighted by Gasteiger charge is 2.17. The Morgan fingerprint density at radius 1 is 0.383 bits per heavy atom. The van der Waals surface area contributed by atoms with Gasteiger partial charge in [-0.05, 0) is 85.3 Å². The lowest BCUT2D eigenvalue weighted by Crippen LogP contribution is -1.90. The number of hydrogen-bond donors (Lipinski definition) is 0. The van der Waals surface area contributed by atoms with Crippen LogP contribution in [0.15, 0.2) is 168 Å². The summed E-state index contributed by atoms with van der Waals surface area (Å²) in [5.74, 6) is 0.553. The highest BCUT2D eigenvalue weighted by atomic mass is 16.4. The molecule has 0 unspecified atom stereocenters. The zero-order valence-electron chi connectivity index (χ0n) is 25.3. The van der Waals surface area contributed by atoms with E-state index in [1.807, 2.05) is 24.4 Å². The fourth-order valence-corrected chi connectivity index (χ4v) is 6.60. The van der Waals surface area contributed by atoms with Crippen LogP contribution in [0.5, 0.6) is 0 Å². The van der Waals surface area contributed by atoms with Gasteiger partial charge in [0, 0.05) is 23.5 Å². The smallest absolute Gasteiger partial charge is 0.247 e. The Balaban J connectivity index is 1.08. The molecule has 0 amide bonds. The highest BCUT2D eigenvalue weighted by molar-refractivity contribution is 6.21. The van der Waals surface area contributed by atoms with Crippen LogP contribution in [-0.2, 0) is 0 Å². The number of rotatable bonds is 5. The van der Waals surface area contributed by atoms with E-state index in [-0.39, 0.29) is 0 Å². The molecule has 4 heteroatoms. The lowest BCUT2D eigenvalue weighted by Gasteiger charge is -2.17. The highest BCUT2D eigenvalue weighted by Crippen LogP contribution is 2.43. The van der Waals surface area contributed by atoms with Gasteiger partial charge in [0.05, 0.1) is 5.69 Å². The van der Waals surface area contributed by atoms with Gasteiger partial charge in [-0.1, -0.05) is 121 Å². The van der Waals surface area contributed by atoms with Gasteiger partial charge in [-0.3, -0.25) is 4.98 Å². The van der Waals surface area contributed by atoms with E-state index in [1.165, 1.54) is 38.2 Å². The van der Waals surface area contributed by atoms with Crippen molar-refractivity contribution in [1.29, 1.82) is 0 Å². The van der Waals surface area contributed by atoms with Crippen molar-refractivity contribution in [2.45, 2.75) is 0 Å². The molecule has 9 rings (SSSR count). The maximum atomic E-state index is 6.23. The average Bonchev–Trinajstić information content (AvgIpc) is 3.58. The monoisotopic (exact) mass is 601 g/mol. The van der Waals surface area contributed by atoms with Crippen molar-refractivity contribution in [3.63, 3.8) is 0 Å².